The zero-order valence-electron chi connectivity index (χ0n) is 15.8. The minimum absolute atomic E-state index is 0.123. The van der Waals surface area contributed by atoms with Crippen molar-refractivity contribution in [1.82, 2.24) is 9.55 Å². The second kappa shape index (κ2) is 9.92. The number of unbranched alkanes of at least 4 members (excludes halogenated alkanes) is 1. The smallest absolute Gasteiger partial charge is 0.265 e. The maximum Gasteiger partial charge on any atom is 0.265 e. The molecule has 1 saturated heterocycles. The number of quaternary nitrogens is 1. The van der Waals surface area contributed by atoms with Gasteiger partial charge in [-0.3, -0.25) is 9.36 Å². The highest BCUT2D eigenvalue weighted by molar-refractivity contribution is 7.99. The zero-order valence-corrected chi connectivity index (χ0v) is 16.6. The van der Waals surface area contributed by atoms with Crippen LogP contribution in [0.5, 0.6) is 5.88 Å². The van der Waals surface area contributed by atoms with Crippen molar-refractivity contribution in [3.05, 3.63) is 46.2 Å². The van der Waals surface area contributed by atoms with Crippen molar-refractivity contribution < 1.29 is 14.7 Å². The number of rotatable bonds is 8. The number of hydrogen-bond donors (Lipinski definition) is 2. The van der Waals surface area contributed by atoms with Crippen molar-refractivity contribution in [2.24, 2.45) is 0 Å². The van der Waals surface area contributed by atoms with Crippen molar-refractivity contribution in [2.75, 3.05) is 38.6 Å². The Kier molecular flexibility index (Phi) is 7.32. The second-order valence-electron chi connectivity index (χ2n) is 6.74. The molecule has 1 aromatic heterocycles. The fourth-order valence-corrected chi connectivity index (χ4v) is 4.24. The van der Waals surface area contributed by atoms with Crippen LogP contribution in [0, 0.1) is 0 Å². The Bertz CT molecular complexity index is 789. The number of aromatic nitrogens is 2. The Labute approximate surface area is 164 Å². The van der Waals surface area contributed by atoms with Gasteiger partial charge in [0.1, 0.15) is 13.1 Å². The first-order valence-electron chi connectivity index (χ1n) is 9.65. The normalized spacial score (nSPS) is 15.1. The van der Waals surface area contributed by atoms with E-state index in [1.165, 1.54) is 16.7 Å². The summed E-state index contributed by atoms with van der Waals surface area (Å²) in [6, 6.07) is 9.55. The molecule has 7 heteroatoms. The predicted molar refractivity (Wildman–Crippen MR) is 107 cm³/mol. The summed E-state index contributed by atoms with van der Waals surface area (Å²) >= 11 is 1.53. The molecule has 2 heterocycles. The fraction of sp³-hybridized carbons (Fsp3) is 0.500. The van der Waals surface area contributed by atoms with Crippen molar-refractivity contribution in [2.45, 2.75) is 31.3 Å². The Morgan fingerprint density at radius 3 is 2.70 bits per heavy atom. The molecule has 1 fully saturated rings. The third-order valence-corrected chi connectivity index (χ3v) is 5.75. The highest BCUT2D eigenvalue weighted by Gasteiger charge is 2.19. The summed E-state index contributed by atoms with van der Waals surface area (Å²) in [7, 11) is 0. The van der Waals surface area contributed by atoms with Crippen LogP contribution >= 0.6 is 11.8 Å². The summed E-state index contributed by atoms with van der Waals surface area (Å²) in [6.07, 6.45) is 2.36. The summed E-state index contributed by atoms with van der Waals surface area (Å²) in [6.45, 7) is 6.69. The lowest BCUT2D eigenvalue weighted by atomic mass is 10.1. The molecule has 0 amide bonds. The van der Waals surface area contributed by atoms with Crippen LogP contribution in [0.25, 0.3) is 5.69 Å². The Hall–Kier alpha value is -1.83. The SMILES string of the molecule is CCCCc1c(O)nc(SCC[NH+]2CCOCC2)n(-c2ccccc2)c1=O. The Balaban J connectivity index is 1.86. The van der Waals surface area contributed by atoms with Crippen LogP contribution in [0.1, 0.15) is 25.3 Å². The van der Waals surface area contributed by atoms with Crippen molar-refractivity contribution in [1.29, 1.82) is 0 Å². The standard InChI is InChI=1S/C20H27N3O3S/c1-2-3-9-17-18(24)21-20(27-15-12-22-10-13-26-14-11-22)23(19(17)25)16-7-5-4-6-8-16/h4-8,24H,2-3,9-15H2,1H3/p+1. The van der Waals surface area contributed by atoms with Gasteiger partial charge in [-0.15, -0.1) is 0 Å². The Morgan fingerprint density at radius 2 is 2.00 bits per heavy atom. The molecule has 1 aromatic carbocycles. The third kappa shape index (κ3) is 5.12. The van der Waals surface area contributed by atoms with E-state index >= 15 is 0 Å². The number of aromatic hydroxyl groups is 1. The number of ether oxygens (including phenoxy) is 1. The molecule has 0 spiro atoms. The monoisotopic (exact) mass is 390 g/mol. The minimum atomic E-state index is -0.164. The molecular weight excluding hydrogens is 362 g/mol. The molecule has 27 heavy (non-hydrogen) atoms. The lowest BCUT2D eigenvalue weighted by Crippen LogP contribution is -3.14. The molecule has 6 nitrogen and oxygen atoms in total. The number of hydrogen-bond acceptors (Lipinski definition) is 5. The highest BCUT2D eigenvalue weighted by atomic mass is 32.2. The quantitative estimate of drug-likeness (QED) is 0.525. The van der Waals surface area contributed by atoms with Gasteiger partial charge in [-0.1, -0.05) is 43.3 Å². The van der Waals surface area contributed by atoms with E-state index in [0.29, 0.717) is 17.1 Å². The van der Waals surface area contributed by atoms with Gasteiger partial charge >= 0.3 is 0 Å². The molecule has 0 unspecified atom stereocenters. The van der Waals surface area contributed by atoms with Gasteiger partial charge < -0.3 is 14.7 Å². The van der Waals surface area contributed by atoms with Crippen LogP contribution < -0.4 is 10.5 Å². The number of nitrogens with one attached hydrogen (secondary N) is 1. The first-order valence-corrected chi connectivity index (χ1v) is 10.6. The van der Waals surface area contributed by atoms with Gasteiger partial charge in [-0.2, -0.15) is 4.98 Å². The first-order chi connectivity index (χ1) is 13.2. The average Bonchev–Trinajstić information content (AvgIpc) is 2.69. The molecule has 1 aliphatic heterocycles. The van der Waals surface area contributed by atoms with Gasteiger partial charge in [-0.05, 0) is 25.0 Å². The number of morpholine rings is 1. The van der Waals surface area contributed by atoms with Crippen LogP contribution in [-0.2, 0) is 11.2 Å². The van der Waals surface area contributed by atoms with Crippen LogP contribution in [0.3, 0.4) is 0 Å². The number of nitrogens with zero attached hydrogens (tertiary/aromatic N) is 2. The van der Waals surface area contributed by atoms with Gasteiger partial charge in [0, 0.05) is 0 Å². The van der Waals surface area contributed by atoms with E-state index in [9.17, 15) is 9.90 Å². The van der Waals surface area contributed by atoms with Crippen LogP contribution in [0.15, 0.2) is 40.3 Å². The fourth-order valence-electron chi connectivity index (χ4n) is 3.20. The van der Waals surface area contributed by atoms with E-state index in [4.69, 9.17) is 4.74 Å². The molecule has 146 valence electrons. The third-order valence-electron chi connectivity index (χ3n) is 4.81. The second-order valence-corrected chi connectivity index (χ2v) is 7.80. The van der Waals surface area contributed by atoms with Gasteiger partial charge in [0.15, 0.2) is 5.16 Å². The highest BCUT2D eigenvalue weighted by Crippen LogP contribution is 2.23. The maximum atomic E-state index is 13.1. The van der Waals surface area contributed by atoms with Crippen molar-refractivity contribution in [3.63, 3.8) is 0 Å². The van der Waals surface area contributed by atoms with E-state index < -0.39 is 0 Å². The van der Waals surface area contributed by atoms with E-state index in [1.54, 1.807) is 4.57 Å². The molecule has 0 bridgehead atoms. The largest absolute Gasteiger partial charge is 0.493 e. The molecule has 0 atom stereocenters. The van der Waals surface area contributed by atoms with Crippen molar-refractivity contribution >= 4 is 11.8 Å². The van der Waals surface area contributed by atoms with Crippen LogP contribution in [0.4, 0.5) is 0 Å². The molecule has 1 aliphatic rings. The molecule has 0 radical (unpaired) electrons. The van der Waals surface area contributed by atoms with Gasteiger partial charge in [0.05, 0.1) is 36.8 Å². The average molecular weight is 391 g/mol. The number of thioether (sulfide) groups is 1. The molecule has 3 rings (SSSR count). The lowest BCUT2D eigenvalue weighted by Gasteiger charge is -2.23. The summed E-state index contributed by atoms with van der Waals surface area (Å²) in [4.78, 5) is 19.0. The van der Waals surface area contributed by atoms with Crippen LogP contribution in [0.2, 0.25) is 0 Å². The summed E-state index contributed by atoms with van der Waals surface area (Å²) in [5.41, 5.74) is 1.03. The summed E-state index contributed by atoms with van der Waals surface area (Å²) in [5, 5.41) is 10.9. The molecule has 2 N–H and O–H groups in total. The van der Waals surface area contributed by atoms with E-state index in [0.717, 1.165) is 57.1 Å². The summed E-state index contributed by atoms with van der Waals surface area (Å²) in [5.74, 6) is 0.712. The molecule has 0 aliphatic carbocycles. The molecule has 2 aromatic rings. The topological polar surface area (TPSA) is 68.8 Å². The maximum absolute atomic E-state index is 13.1. The van der Waals surface area contributed by atoms with E-state index in [2.05, 4.69) is 11.9 Å². The van der Waals surface area contributed by atoms with Crippen molar-refractivity contribution in [3.8, 4) is 11.6 Å². The van der Waals surface area contributed by atoms with Gasteiger partial charge in [-0.25, -0.2) is 0 Å². The Morgan fingerprint density at radius 1 is 1.26 bits per heavy atom. The zero-order chi connectivity index (χ0) is 19.1. The predicted octanol–water partition coefficient (Wildman–Crippen LogP) is 1.29. The van der Waals surface area contributed by atoms with E-state index in [1.807, 2.05) is 30.3 Å². The van der Waals surface area contributed by atoms with Gasteiger partial charge in [0.2, 0.25) is 5.88 Å². The molecule has 0 saturated carbocycles. The van der Waals surface area contributed by atoms with Crippen LogP contribution in [-0.4, -0.2) is 53.3 Å². The number of benzene rings is 1. The van der Waals surface area contributed by atoms with E-state index in [-0.39, 0.29) is 11.4 Å². The summed E-state index contributed by atoms with van der Waals surface area (Å²) < 4.78 is 7.04. The molecular formula is C20H28N3O3S+. The minimum Gasteiger partial charge on any atom is -0.493 e. The lowest BCUT2D eigenvalue weighted by molar-refractivity contribution is -0.905. The number of para-hydroxylation sites is 1. The first kappa shape index (κ1) is 19.9. The van der Waals surface area contributed by atoms with Gasteiger partial charge in [0.25, 0.3) is 5.56 Å².